The minimum absolute atomic E-state index is 0.123. The first-order valence-electron chi connectivity index (χ1n) is 11.7. The number of thiazole rings is 1. The Labute approximate surface area is 238 Å². The van der Waals surface area contributed by atoms with E-state index in [1.165, 1.54) is 0 Å². The van der Waals surface area contributed by atoms with Gasteiger partial charge in [-0.1, -0.05) is 63.5 Å². The molecular weight excluding hydrogens is 616 g/mol. The topological polar surface area (TPSA) is 102 Å². The van der Waals surface area contributed by atoms with E-state index in [0.29, 0.717) is 31.0 Å². The average Bonchev–Trinajstić information content (AvgIpc) is 3.44. The average molecular weight is 641 g/mol. The Morgan fingerprint density at radius 3 is 2.89 bits per heavy atom. The van der Waals surface area contributed by atoms with Crippen LogP contribution >= 0.6 is 39.3 Å². The van der Waals surface area contributed by atoms with Gasteiger partial charge in [-0.05, 0) is 42.1 Å². The maximum atomic E-state index is 10.9. The molecule has 0 saturated carbocycles. The normalized spacial score (nSPS) is 15.8. The lowest BCUT2D eigenvalue weighted by Gasteiger charge is -2.18. The predicted octanol–water partition coefficient (Wildman–Crippen LogP) is 6.82. The van der Waals surface area contributed by atoms with Crippen LogP contribution in [0.5, 0.6) is 5.75 Å². The Morgan fingerprint density at radius 1 is 1.26 bits per heavy atom. The molecule has 5 rings (SSSR count). The standard InChI is InChI=1S/C25H23BrN2O7S3/c1-2-23(37-35-34-29)28-24(36-21-11-8-16-6-3-4-7-18(16)25(21)28)15-22-27(12-5-13-32-38(30)31)19-14-17(26)9-10-20(19)33-22/h3-4,6-11,14-15,23H,2,5,12-13H2,1H3,(H-,29,30,31)/p+1. The lowest BCUT2D eigenvalue weighted by Crippen LogP contribution is -2.39. The van der Waals surface area contributed by atoms with Gasteiger partial charge in [0.05, 0.1) is 23.8 Å². The first kappa shape index (κ1) is 27.5. The van der Waals surface area contributed by atoms with Crippen molar-refractivity contribution in [3.63, 3.8) is 0 Å². The van der Waals surface area contributed by atoms with Crippen LogP contribution in [0.25, 0.3) is 27.1 Å². The quantitative estimate of drug-likeness (QED) is 0.0457. The SMILES string of the molecule is CCC(SOOO)[n+]1c(C=C2Oc3ccc(Br)cc3N2CCCOS(=O)O)sc2ccc3ccccc3c21. The lowest BCUT2D eigenvalue weighted by atomic mass is 10.1. The molecule has 0 amide bonds. The Kier molecular flexibility index (Phi) is 8.98. The van der Waals surface area contributed by atoms with Crippen molar-refractivity contribution in [2.24, 2.45) is 0 Å². The third-order valence-corrected chi connectivity index (χ3v) is 8.86. The fourth-order valence-corrected chi connectivity index (χ4v) is 6.84. The number of anilines is 1. The Bertz CT molecular complexity index is 1510. The molecule has 3 aromatic carbocycles. The van der Waals surface area contributed by atoms with Gasteiger partial charge in [-0.2, -0.15) is 8.78 Å². The van der Waals surface area contributed by atoms with Crippen molar-refractivity contribution in [2.45, 2.75) is 25.1 Å². The van der Waals surface area contributed by atoms with Gasteiger partial charge in [0, 0.05) is 17.4 Å². The first-order chi connectivity index (χ1) is 18.5. The van der Waals surface area contributed by atoms with Crippen LogP contribution in [0.15, 0.2) is 65.0 Å². The maximum Gasteiger partial charge on any atom is 0.301 e. The Balaban J connectivity index is 1.62. The first-order valence-corrected chi connectivity index (χ1v) is 15.1. The van der Waals surface area contributed by atoms with Crippen molar-refractivity contribution < 1.29 is 36.9 Å². The van der Waals surface area contributed by atoms with Crippen LogP contribution < -0.4 is 14.2 Å². The van der Waals surface area contributed by atoms with Gasteiger partial charge in [-0.25, -0.2) is 5.26 Å². The molecule has 38 heavy (non-hydrogen) atoms. The van der Waals surface area contributed by atoms with E-state index in [0.717, 1.165) is 48.2 Å². The maximum absolute atomic E-state index is 10.9. The second-order valence-electron chi connectivity index (χ2n) is 8.29. The van der Waals surface area contributed by atoms with Gasteiger partial charge in [0.15, 0.2) is 5.75 Å². The van der Waals surface area contributed by atoms with E-state index in [2.05, 4.69) is 49.8 Å². The number of hydrogen-bond acceptors (Lipinski definition) is 9. The van der Waals surface area contributed by atoms with Crippen molar-refractivity contribution >= 4 is 83.4 Å². The molecule has 2 heterocycles. The summed E-state index contributed by atoms with van der Waals surface area (Å²) in [6.45, 7) is 2.67. The van der Waals surface area contributed by atoms with E-state index in [-0.39, 0.29) is 12.0 Å². The van der Waals surface area contributed by atoms with Gasteiger partial charge in [-0.3, -0.25) is 8.74 Å². The van der Waals surface area contributed by atoms with Crippen LogP contribution in [0, 0.1) is 0 Å². The second-order valence-corrected chi connectivity index (χ2v) is 11.8. The number of ether oxygens (including phenoxy) is 1. The summed E-state index contributed by atoms with van der Waals surface area (Å²) in [6.07, 6.45) is 3.18. The van der Waals surface area contributed by atoms with E-state index in [4.69, 9.17) is 23.1 Å². The summed E-state index contributed by atoms with van der Waals surface area (Å²) in [5.74, 6) is 1.33. The zero-order chi connectivity index (χ0) is 26.6. The third-order valence-electron chi connectivity index (χ3n) is 6.02. The fraction of sp³-hybridized carbons (Fsp3) is 0.240. The van der Waals surface area contributed by atoms with Gasteiger partial charge in [-0.15, -0.1) is 4.33 Å². The molecule has 0 fully saturated rings. The molecule has 9 nitrogen and oxygen atoms in total. The smallest absolute Gasteiger partial charge is 0.301 e. The number of nitrogens with zero attached hydrogens (tertiary/aromatic N) is 2. The molecule has 4 aromatic rings. The number of rotatable bonds is 11. The second kappa shape index (κ2) is 12.4. The van der Waals surface area contributed by atoms with Crippen LogP contribution in [-0.2, 0) is 24.9 Å². The van der Waals surface area contributed by atoms with Crippen LogP contribution in [0.1, 0.15) is 30.1 Å². The number of fused-ring (bicyclic) bond motifs is 4. The van der Waals surface area contributed by atoms with Crippen molar-refractivity contribution in [3.05, 3.63) is 70.0 Å². The van der Waals surface area contributed by atoms with E-state index in [1.807, 2.05) is 48.2 Å². The zero-order valence-electron chi connectivity index (χ0n) is 20.1. The molecule has 1 aliphatic rings. The molecular formula is C25H24BrN2O7S3+. The molecule has 0 saturated heterocycles. The van der Waals surface area contributed by atoms with Gasteiger partial charge in [0.2, 0.25) is 16.8 Å². The summed E-state index contributed by atoms with van der Waals surface area (Å²) >= 11 is 3.88. The molecule has 2 atom stereocenters. The largest absolute Gasteiger partial charge is 0.438 e. The van der Waals surface area contributed by atoms with Crippen LogP contribution in [0.2, 0.25) is 0 Å². The summed E-state index contributed by atoms with van der Waals surface area (Å²) in [5, 5.41) is 15.7. The molecule has 200 valence electrons. The molecule has 1 aromatic heterocycles. The van der Waals surface area contributed by atoms with E-state index in [1.54, 1.807) is 11.3 Å². The number of aromatic nitrogens is 1. The summed E-state index contributed by atoms with van der Waals surface area (Å²) in [7, 11) is 0. The van der Waals surface area contributed by atoms with Gasteiger partial charge >= 0.3 is 11.4 Å². The summed E-state index contributed by atoms with van der Waals surface area (Å²) in [5.41, 5.74) is 1.93. The molecule has 13 heteroatoms. The van der Waals surface area contributed by atoms with E-state index in [9.17, 15) is 4.21 Å². The molecule has 0 radical (unpaired) electrons. The molecule has 1 aliphatic heterocycles. The highest BCUT2D eigenvalue weighted by molar-refractivity contribution is 9.10. The summed E-state index contributed by atoms with van der Waals surface area (Å²) in [4.78, 5) is 2.03. The predicted molar refractivity (Wildman–Crippen MR) is 153 cm³/mol. The van der Waals surface area contributed by atoms with Gasteiger partial charge in [0.25, 0.3) is 5.01 Å². The van der Waals surface area contributed by atoms with E-state index >= 15 is 0 Å². The number of halogens is 1. The van der Waals surface area contributed by atoms with Gasteiger partial charge < -0.3 is 9.64 Å². The van der Waals surface area contributed by atoms with Crippen LogP contribution in [-0.4, -0.2) is 27.2 Å². The Morgan fingerprint density at radius 2 is 2.11 bits per heavy atom. The minimum Gasteiger partial charge on any atom is -0.438 e. The van der Waals surface area contributed by atoms with Crippen LogP contribution in [0.3, 0.4) is 0 Å². The molecule has 0 aliphatic carbocycles. The van der Waals surface area contributed by atoms with Crippen LogP contribution in [0.4, 0.5) is 5.69 Å². The monoisotopic (exact) mass is 639 g/mol. The summed E-state index contributed by atoms with van der Waals surface area (Å²) < 4.78 is 40.1. The van der Waals surface area contributed by atoms with E-state index < -0.39 is 11.4 Å². The fourth-order valence-electron chi connectivity index (χ4n) is 4.45. The molecule has 0 spiro atoms. The van der Waals surface area contributed by atoms with Gasteiger partial charge in [0.1, 0.15) is 16.7 Å². The number of benzene rings is 3. The molecule has 0 bridgehead atoms. The molecule has 2 unspecified atom stereocenters. The van der Waals surface area contributed by atoms with Crippen molar-refractivity contribution in [3.8, 4) is 5.75 Å². The van der Waals surface area contributed by atoms with Crippen molar-refractivity contribution in [1.29, 1.82) is 0 Å². The number of hydrogen-bond donors (Lipinski definition) is 2. The zero-order valence-corrected chi connectivity index (χ0v) is 24.1. The highest BCUT2D eigenvalue weighted by Crippen LogP contribution is 2.42. The van der Waals surface area contributed by atoms with Crippen molar-refractivity contribution in [2.75, 3.05) is 18.1 Å². The highest BCUT2D eigenvalue weighted by atomic mass is 79.9. The van der Waals surface area contributed by atoms with Crippen molar-refractivity contribution in [1.82, 2.24) is 0 Å². The highest BCUT2D eigenvalue weighted by Gasteiger charge is 2.33. The minimum atomic E-state index is -2.31. The molecule has 2 N–H and O–H groups in total. The Hall–Kier alpha value is -2.07. The summed E-state index contributed by atoms with van der Waals surface area (Å²) in [6, 6.07) is 18.2. The lowest BCUT2D eigenvalue weighted by molar-refractivity contribution is -0.673. The third kappa shape index (κ3) is 5.76.